The van der Waals surface area contributed by atoms with Crippen LogP contribution in [0.5, 0.6) is 11.5 Å². The monoisotopic (exact) mass is 503 g/mol. The Kier molecular flexibility index (Phi) is 4.93. The standard InChI is InChI=1S/C29H41NO4.ClH/c1-25(2,3)26(4,32)20-15-27-10-11-29(20,33-5)24-28(27)12-13-30(16-17-6-7-17)21(27)14-18-8-9-19(31)23(34-24)22(18)28;/h8-9,17,20-21,24,31-32H,6-7,10-16H2,1-5H3;1H/t20-,21-,24-,26?,27-,28+,29-;/m0./s1. The summed E-state index contributed by atoms with van der Waals surface area (Å²) in [5, 5.41) is 23.2. The van der Waals surface area contributed by atoms with Crippen LogP contribution in [0.2, 0.25) is 0 Å². The van der Waals surface area contributed by atoms with Crippen LogP contribution in [0.3, 0.4) is 0 Å². The van der Waals surface area contributed by atoms with E-state index < -0.39 is 11.2 Å². The van der Waals surface area contributed by atoms with Gasteiger partial charge < -0.3 is 19.7 Å². The van der Waals surface area contributed by atoms with E-state index in [2.05, 4.69) is 31.7 Å². The second kappa shape index (κ2) is 7.09. The highest BCUT2D eigenvalue weighted by atomic mass is 35.5. The van der Waals surface area contributed by atoms with Gasteiger partial charge in [0.25, 0.3) is 0 Å². The van der Waals surface area contributed by atoms with E-state index in [1.807, 2.05) is 20.1 Å². The third-order valence-electron chi connectivity index (χ3n) is 11.9. The molecule has 0 amide bonds. The highest BCUT2D eigenvalue weighted by molar-refractivity contribution is 5.85. The van der Waals surface area contributed by atoms with Gasteiger partial charge in [-0.1, -0.05) is 26.8 Å². The second-order valence-corrected chi connectivity index (χ2v) is 13.8. The molecule has 1 aromatic rings. The smallest absolute Gasteiger partial charge is 0.165 e. The maximum Gasteiger partial charge on any atom is 0.165 e. The first-order chi connectivity index (χ1) is 16.0. The van der Waals surface area contributed by atoms with Crippen molar-refractivity contribution in [1.29, 1.82) is 0 Å². The fourth-order valence-electron chi connectivity index (χ4n) is 9.58. The molecule has 8 rings (SSSR count). The fourth-order valence-corrected chi connectivity index (χ4v) is 9.58. The summed E-state index contributed by atoms with van der Waals surface area (Å²) < 4.78 is 13.5. The Morgan fingerprint density at radius 1 is 1.14 bits per heavy atom. The molecule has 0 aromatic heterocycles. The minimum Gasteiger partial charge on any atom is -0.504 e. The van der Waals surface area contributed by atoms with E-state index in [0.29, 0.717) is 11.8 Å². The summed E-state index contributed by atoms with van der Waals surface area (Å²) in [5.41, 5.74) is 0.783. The summed E-state index contributed by atoms with van der Waals surface area (Å²) in [4.78, 5) is 2.82. The summed E-state index contributed by atoms with van der Waals surface area (Å²) in [7, 11) is 1.83. The average Bonchev–Trinajstić information content (AvgIpc) is 3.53. The van der Waals surface area contributed by atoms with Crippen LogP contribution in [0.15, 0.2) is 12.1 Å². The van der Waals surface area contributed by atoms with Gasteiger partial charge in [0.2, 0.25) is 0 Å². The molecule has 2 N–H and O–H groups in total. The number of piperidine rings is 1. The summed E-state index contributed by atoms with van der Waals surface area (Å²) in [5.74, 6) is 1.80. The maximum absolute atomic E-state index is 12.2. The Balaban J connectivity index is 0.00000229. The van der Waals surface area contributed by atoms with Crippen LogP contribution in [-0.4, -0.2) is 58.7 Å². The number of hydrogen-bond donors (Lipinski definition) is 2. The van der Waals surface area contributed by atoms with Gasteiger partial charge in [0.1, 0.15) is 11.7 Å². The van der Waals surface area contributed by atoms with E-state index in [1.165, 1.54) is 30.5 Å². The zero-order chi connectivity index (χ0) is 23.9. The molecule has 5 aliphatic carbocycles. The van der Waals surface area contributed by atoms with E-state index in [9.17, 15) is 10.2 Å². The average molecular weight is 504 g/mol. The number of phenols is 1. The minimum atomic E-state index is -0.909. The number of methoxy groups -OCH3 is 1. The van der Waals surface area contributed by atoms with Crippen LogP contribution < -0.4 is 4.74 Å². The van der Waals surface area contributed by atoms with Crippen molar-refractivity contribution < 1.29 is 19.7 Å². The second-order valence-electron chi connectivity index (χ2n) is 13.8. The summed E-state index contributed by atoms with van der Waals surface area (Å²) >= 11 is 0. The lowest BCUT2D eigenvalue weighted by molar-refractivity contribution is -0.312. The van der Waals surface area contributed by atoms with Gasteiger partial charge >= 0.3 is 0 Å². The van der Waals surface area contributed by atoms with E-state index in [1.54, 1.807) is 0 Å². The molecule has 0 radical (unpaired) electrons. The highest BCUT2D eigenvalue weighted by Gasteiger charge is 2.82. The molecule has 1 saturated heterocycles. The molecule has 5 nitrogen and oxygen atoms in total. The van der Waals surface area contributed by atoms with E-state index >= 15 is 0 Å². The number of phenolic OH excluding ortho intramolecular Hbond substituents is 1. The van der Waals surface area contributed by atoms with Gasteiger partial charge in [-0.25, -0.2) is 0 Å². The topological polar surface area (TPSA) is 62.2 Å². The van der Waals surface area contributed by atoms with Gasteiger partial charge in [-0.2, -0.15) is 0 Å². The van der Waals surface area contributed by atoms with Crippen LogP contribution >= 0.6 is 12.4 Å². The lowest BCUT2D eigenvalue weighted by Gasteiger charge is -2.75. The summed E-state index contributed by atoms with van der Waals surface area (Å²) in [6.45, 7) is 10.8. The molecule has 6 heteroatoms. The molecule has 2 spiro atoms. The van der Waals surface area contributed by atoms with Gasteiger partial charge in [-0.3, -0.25) is 4.90 Å². The van der Waals surface area contributed by atoms with Crippen molar-refractivity contribution in [2.75, 3.05) is 20.2 Å². The molecule has 7 aliphatic rings. The largest absolute Gasteiger partial charge is 0.504 e. The van der Waals surface area contributed by atoms with Gasteiger partial charge in [0.15, 0.2) is 11.5 Å². The van der Waals surface area contributed by atoms with E-state index in [-0.39, 0.29) is 46.4 Å². The Bertz CT molecular complexity index is 1060. The number of likely N-dealkylation sites (tertiary alicyclic amines) is 1. The first kappa shape index (κ1) is 24.3. The molecular formula is C29H42ClNO4. The Labute approximate surface area is 216 Å². The summed E-state index contributed by atoms with van der Waals surface area (Å²) in [6, 6.07) is 4.46. The Hall–Kier alpha value is -1.01. The summed E-state index contributed by atoms with van der Waals surface area (Å²) in [6.07, 6.45) is 7.64. The lowest BCUT2D eigenvalue weighted by atomic mass is 9.33. The first-order valence-electron chi connectivity index (χ1n) is 13.6. The van der Waals surface area contributed by atoms with Crippen LogP contribution in [0.1, 0.15) is 77.3 Å². The normalized spacial score (nSPS) is 42.6. The zero-order valence-corrected chi connectivity index (χ0v) is 22.7. The Morgan fingerprint density at radius 3 is 2.54 bits per heavy atom. The number of aromatic hydroxyl groups is 1. The number of fused-ring (bicyclic) bond motifs is 2. The van der Waals surface area contributed by atoms with E-state index in [0.717, 1.165) is 44.6 Å². The molecular weight excluding hydrogens is 462 g/mol. The molecule has 2 heterocycles. The number of benzene rings is 1. The lowest BCUT2D eigenvalue weighted by Crippen LogP contribution is -2.83. The van der Waals surface area contributed by atoms with E-state index in [4.69, 9.17) is 9.47 Å². The van der Waals surface area contributed by atoms with Gasteiger partial charge in [0.05, 0.1) is 5.60 Å². The molecule has 4 saturated carbocycles. The number of ether oxygens (including phenoxy) is 2. The van der Waals surface area contributed by atoms with Crippen molar-refractivity contribution in [1.82, 2.24) is 4.90 Å². The molecule has 2 aliphatic heterocycles. The molecule has 35 heavy (non-hydrogen) atoms. The number of rotatable bonds is 4. The molecule has 1 unspecified atom stereocenters. The number of halogens is 1. The zero-order valence-electron chi connectivity index (χ0n) is 21.9. The van der Waals surface area contributed by atoms with Gasteiger partial charge in [-0.05, 0) is 81.4 Å². The van der Waals surface area contributed by atoms with Gasteiger partial charge in [0, 0.05) is 42.0 Å². The van der Waals surface area contributed by atoms with Crippen molar-refractivity contribution in [2.24, 2.45) is 22.7 Å². The predicted molar refractivity (Wildman–Crippen MR) is 137 cm³/mol. The highest BCUT2D eigenvalue weighted by Crippen LogP contribution is 2.78. The molecule has 5 fully saturated rings. The number of aliphatic hydroxyl groups is 1. The SMILES string of the molecule is CO[C@@]12CC[C@]3(C[C@H]1C(C)(O)C(C)(C)C)[C@@H]1Cc4ccc(O)c5c4[C@]3(CCN1CC1CC1)[C@@H]2O5.Cl. The van der Waals surface area contributed by atoms with Crippen molar-refractivity contribution in [3.63, 3.8) is 0 Å². The number of hydrogen-bond acceptors (Lipinski definition) is 5. The van der Waals surface area contributed by atoms with Crippen molar-refractivity contribution in [3.8, 4) is 11.5 Å². The maximum atomic E-state index is 12.2. The molecule has 1 aromatic carbocycles. The van der Waals surface area contributed by atoms with Crippen LogP contribution in [0, 0.1) is 22.7 Å². The van der Waals surface area contributed by atoms with Crippen LogP contribution in [0.4, 0.5) is 0 Å². The molecule has 7 atom stereocenters. The quantitative estimate of drug-likeness (QED) is 0.616. The third kappa shape index (κ3) is 2.62. The van der Waals surface area contributed by atoms with Crippen molar-refractivity contribution >= 4 is 12.4 Å². The van der Waals surface area contributed by atoms with Gasteiger partial charge in [-0.15, -0.1) is 12.4 Å². The van der Waals surface area contributed by atoms with Crippen LogP contribution in [-0.2, 0) is 16.6 Å². The Morgan fingerprint density at radius 2 is 1.89 bits per heavy atom. The number of nitrogens with zero attached hydrogens (tertiary/aromatic N) is 1. The minimum absolute atomic E-state index is 0. The first-order valence-corrected chi connectivity index (χ1v) is 13.6. The van der Waals surface area contributed by atoms with Crippen molar-refractivity contribution in [2.45, 2.75) is 101 Å². The van der Waals surface area contributed by atoms with Crippen LogP contribution in [0.25, 0.3) is 0 Å². The predicted octanol–water partition coefficient (Wildman–Crippen LogP) is 4.84. The molecule has 4 bridgehead atoms. The molecule has 194 valence electrons. The fraction of sp³-hybridized carbons (Fsp3) is 0.793. The van der Waals surface area contributed by atoms with Crippen molar-refractivity contribution in [3.05, 3.63) is 23.3 Å². The third-order valence-corrected chi connectivity index (χ3v) is 11.9.